The second kappa shape index (κ2) is 6.15. The van der Waals surface area contributed by atoms with Crippen LogP contribution in [0.2, 0.25) is 0 Å². The van der Waals surface area contributed by atoms with E-state index in [1.165, 1.54) is 0 Å². The van der Waals surface area contributed by atoms with Crippen LogP contribution >= 0.6 is 11.3 Å². The number of fused-ring (bicyclic) bond motifs is 1. The normalized spacial score (nSPS) is 10.6. The predicted octanol–water partition coefficient (Wildman–Crippen LogP) is 3.58. The molecular formula is C17H16N2O2S. The Balaban J connectivity index is 1.78. The molecule has 1 heterocycles. The van der Waals surface area contributed by atoms with Crippen LogP contribution in [0.25, 0.3) is 10.2 Å². The van der Waals surface area contributed by atoms with Crippen LogP contribution in [0.4, 0.5) is 0 Å². The fourth-order valence-electron chi connectivity index (χ4n) is 2.32. The van der Waals surface area contributed by atoms with Crippen LogP contribution in [0, 0.1) is 0 Å². The Morgan fingerprint density at radius 1 is 1.27 bits per heavy atom. The van der Waals surface area contributed by atoms with Gasteiger partial charge < -0.3 is 9.64 Å². The van der Waals surface area contributed by atoms with Crippen molar-refractivity contribution in [3.05, 3.63) is 59.1 Å². The van der Waals surface area contributed by atoms with Gasteiger partial charge >= 0.3 is 0 Å². The molecule has 0 N–H and O–H groups in total. The van der Waals surface area contributed by atoms with Crippen molar-refractivity contribution in [3.63, 3.8) is 0 Å². The first kappa shape index (κ1) is 14.5. The molecule has 5 heteroatoms. The third-order valence-corrected chi connectivity index (χ3v) is 4.27. The van der Waals surface area contributed by atoms with Crippen LogP contribution in [-0.2, 0) is 6.54 Å². The van der Waals surface area contributed by atoms with Crippen molar-refractivity contribution in [3.8, 4) is 5.75 Å². The highest BCUT2D eigenvalue weighted by Crippen LogP contribution is 2.20. The molecule has 0 aliphatic heterocycles. The molecule has 0 aliphatic carbocycles. The van der Waals surface area contributed by atoms with E-state index >= 15 is 0 Å². The molecule has 3 rings (SSSR count). The van der Waals surface area contributed by atoms with E-state index in [4.69, 9.17) is 4.74 Å². The highest BCUT2D eigenvalue weighted by Gasteiger charge is 2.13. The number of aromatic nitrogens is 1. The Morgan fingerprint density at radius 3 is 2.95 bits per heavy atom. The number of nitrogens with zero attached hydrogens (tertiary/aromatic N) is 2. The first-order valence-corrected chi connectivity index (χ1v) is 7.77. The van der Waals surface area contributed by atoms with Gasteiger partial charge in [-0.25, -0.2) is 4.98 Å². The van der Waals surface area contributed by atoms with Gasteiger partial charge in [-0.05, 0) is 35.9 Å². The van der Waals surface area contributed by atoms with Gasteiger partial charge in [0.05, 0.1) is 22.8 Å². The van der Waals surface area contributed by atoms with Gasteiger partial charge in [-0.2, -0.15) is 0 Å². The number of ether oxygens (including phenoxy) is 1. The van der Waals surface area contributed by atoms with Gasteiger partial charge in [0.1, 0.15) is 5.75 Å². The zero-order valence-corrected chi connectivity index (χ0v) is 13.3. The van der Waals surface area contributed by atoms with Crippen molar-refractivity contribution in [2.75, 3.05) is 14.2 Å². The highest BCUT2D eigenvalue weighted by molar-refractivity contribution is 7.16. The fraction of sp³-hybridized carbons (Fsp3) is 0.176. The lowest BCUT2D eigenvalue weighted by molar-refractivity contribution is 0.0785. The Kier molecular flexibility index (Phi) is 4.06. The van der Waals surface area contributed by atoms with Crippen molar-refractivity contribution < 1.29 is 9.53 Å². The molecule has 4 nitrogen and oxygen atoms in total. The third-order valence-electron chi connectivity index (χ3n) is 3.48. The maximum Gasteiger partial charge on any atom is 0.253 e. The molecule has 0 saturated heterocycles. The molecule has 0 radical (unpaired) electrons. The van der Waals surface area contributed by atoms with E-state index in [1.54, 1.807) is 35.9 Å². The summed E-state index contributed by atoms with van der Waals surface area (Å²) in [5.41, 5.74) is 4.44. The Bertz CT molecular complexity index is 813. The lowest BCUT2D eigenvalue weighted by Gasteiger charge is -2.17. The lowest BCUT2D eigenvalue weighted by Crippen LogP contribution is -2.26. The monoisotopic (exact) mass is 312 g/mol. The summed E-state index contributed by atoms with van der Waals surface area (Å²) >= 11 is 1.54. The molecule has 0 saturated carbocycles. The van der Waals surface area contributed by atoms with Crippen molar-refractivity contribution in [2.24, 2.45) is 0 Å². The number of carbonyl (C=O) groups is 1. The van der Waals surface area contributed by atoms with Crippen LogP contribution in [0.15, 0.2) is 48.0 Å². The van der Waals surface area contributed by atoms with Gasteiger partial charge in [0.25, 0.3) is 5.91 Å². The quantitative estimate of drug-likeness (QED) is 0.739. The van der Waals surface area contributed by atoms with Crippen LogP contribution in [0.1, 0.15) is 15.9 Å². The number of amides is 1. The second-order valence-electron chi connectivity index (χ2n) is 5.05. The minimum absolute atomic E-state index is 0.00174. The van der Waals surface area contributed by atoms with Crippen LogP contribution in [0.5, 0.6) is 5.75 Å². The van der Waals surface area contributed by atoms with Gasteiger partial charge in [-0.1, -0.05) is 12.1 Å². The van der Waals surface area contributed by atoms with Gasteiger partial charge in [0, 0.05) is 19.2 Å². The van der Waals surface area contributed by atoms with E-state index in [0.29, 0.717) is 12.1 Å². The molecule has 0 atom stereocenters. The molecule has 0 spiro atoms. The zero-order valence-electron chi connectivity index (χ0n) is 12.4. The zero-order chi connectivity index (χ0) is 15.5. The third kappa shape index (κ3) is 2.94. The molecule has 0 fully saturated rings. The van der Waals surface area contributed by atoms with Gasteiger partial charge in [-0.3, -0.25) is 4.79 Å². The second-order valence-corrected chi connectivity index (χ2v) is 5.93. The minimum Gasteiger partial charge on any atom is -0.497 e. The summed E-state index contributed by atoms with van der Waals surface area (Å²) in [5.74, 6) is 0.794. The van der Waals surface area contributed by atoms with E-state index in [-0.39, 0.29) is 5.91 Å². The van der Waals surface area contributed by atoms with E-state index in [0.717, 1.165) is 21.5 Å². The Labute approximate surface area is 133 Å². The van der Waals surface area contributed by atoms with Crippen molar-refractivity contribution in [1.82, 2.24) is 9.88 Å². The Morgan fingerprint density at radius 2 is 2.14 bits per heavy atom. The summed E-state index contributed by atoms with van der Waals surface area (Å²) in [5, 5.41) is 0. The van der Waals surface area contributed by atoms with Crippen LogP contribution in [-0.4, -0.2) is 29.9 Å². The Hall–Kier alpha value is -2.40. The van der Waals surface area contributed by atoms with Gasteiger partial charge in [-0.15, -0.1) is 11.3 Å². The molecule has 112 valence electrons. The number of hydrogen-bond acceptors (Lipinski definition) is 4. The molecular weight excluding hydrogens is 296 g/mol. The maximum absolute atomic E-state index is 12.5. The smallest absolute Gasteiger partial charge is 0.253 e. The highest BCUT2D eigenvalue weighted by atomic mass is 32.1. The number of methoxy groups -OCH3 is 1. The summed E-state index contributed by atoms with van der Waals surface area (Å²) < 4.78 is 6.24. The average Bonchev–Trinajstić information content (AvgIpc) is 3.01. The van der Waals surface area contributed by atoms with Gasteiger partial charge in [0.2, 0.25) is 0 Å². The molecule has 1 aromatic heterocycles. The van der Waals surface area contributed by atoms with Crippen LogP contribution in [0.3, 0.4) is 0 Å². The van der Waals surface area contributed by atoms with E-state index < -0.39 is 0 Å². The molecule has 2 aromatic carbocycles. The topological polar surface area (TPSA) is 42.4 Å². The lowest BCUT2D eigenvalue weighted by atomic mass is 10.1. The minimum atomic E-state index is -0.00174. The number of carbonyl (C=O) groups excluding carboxylic acids is 1. The molecule has 3 aromatic rings. The van der Waals surface area contributed by atoms with E-state index in [9.17, 15) is 4.79 Å². The molecule has 22 heavy (non-hydrogen) atoms. The molecule has 1 amide bonds. The van der Waals surface area contributed by atoms with Crippen molar-refractivity contribution >= 4 is 27.5 Å². The summed E-state index contributed by atoms with van der Waals surface area (Å²) in [6.45, 7) is 0.538. The van der Waals surface area contributed by atoms with Crippen LogP contribution < -0.4 is 4.74 Å². The number of thiazole rings is 1. The van der Waals surface area contributed by atoms with Gasteiger partial charge in [0.15, 0.2) is 0 Å². The summed E-state index contributed by atoms with van der Waals surface area (Å²) in [6.07, 6.45) is 0. The number of hydrogen-bond donors (Lipinski definition) is 0. The average molecular weight is 312 g/mol. The molecule has 0 unspecified atom stereocenters. The summed E-state index contributed by atoms with van der Waals surface area (Å²) in [4.78, 5) is 18.5. The summed E-state index contributed by atoms with van der Waals surface area (Å²) in [7, 11) is 3.44. The first-order chi connectivity index (χ1) is 10.7. The number of benzene rings is 2. The van der Waals surface area contributed by atoms with Crippen molar-refractivity contribution in [2.45, 2.75) is 6.54 Å². The van der Waals surface area contributed by atoms with Crippen molar-refractivity contribution in [1.29, 1.82) is 0 Å². The fourth-order valence-corrected chi connectivity index (χ4v) is 3.04. The molecule has 0 aliphatic rings. The standard InChI is InChI=1S/C17H16N2O2S/c1-19(10-12-4-3-5-14(8-12)21-2)17(20)13-6-7-15-16(9-13)22-11-18-15/h3-9,11H,10H2,1-2H3. The van der Waals surface area contributed by atoms with E-state index in [1.807, 2.05) is 42.5 Å². The SMILES string of the molecule is COc1cccc(CN(C)C(=O)c2ccc3ncsc3c2)c1. The first-order valence-electron chi connectivity index (χ1n) is 6.89. The maximum atomic E-state index is 12.5. The predicted molar refractivity (Wildman–Crippen MR) is 88.4 cm³/mol. The largest absolute Gasteiger partial charge is 0.497 e. The van der Waals surface area contributed by atoms with E-state index in [2.05, 4.69) is 4.98 Å². The molecule has 0 bridgehead atoms. The summed E-state index contributed by atoms with van der Waals surface area (Å²) in [6, 6.07) is 13.4. The number of rotatable bonds is 4.